The van der Waals surface area contributed by atoms with Gasteiger partial charge in [0.25, 0.3) is 0 Å². The number of hydrogen-bond acceptors (Lipinski definition) is 3. The second-order valence-corrected chi connectivity index (χ2v) is 3.27. The Balaban J connectivity index is 3.19. The molecule has 0 aliphatic carbocycles. The number of benzene rings is 1. The van der Waals surface area contributed by atoms with Gasteiger partial charge in [-0.25, -0.2) is 9.18 Å². The van der Waals surface area contributed by atoms with Crippen LogP contribution in [0.1, 0.15) is 22.8 Å². The molecule has 0 heterocycles. The molecule has 0 aliphatic rings. The molecule has 0 saturated carbocycles. The molecule has 16 heavy (non-hydrogen) atoms. The third-order valence-corrected chi connectivity index (χ3v) is 2.30. The van der Waals surface area contributed by atoms with Crippen molar-refractivity contribution in [3.8, 4) is 5.75 Å². The summed E-state index contributed by atoms with van der Waals surface area (Å²) in [5.41, 5.74) is 0.619. The van der Waals surface area contributed by atoms with E-state index in [4.69, 9.17) is 21.1 Å². The zero-order valence-electron chi connectivity index (χ0n) is 9.05. The van der Waals surface area contributed by atoms with Crippen molar-refractivity contribution in [3.63, 3.8) is 0 Å². The smallest absolute Gasteiger partial charge is 0.338 e. The maximum atomic E-state index is 13.3. The predicted octanol–water partition coefficient (Wildman–Crippen LogP) is 2.75. The fourth-order valence-electron chi connectivity index (χ4n) is 1.26. The molecular weight excluding hydrogens is 235 g/mol. The average Bonchev–Trinajstić information content (AvgIpc) is 2.28. The van der Waals surface area contributed by atoms with Crippen molar-refractivity contribution in [2.45, 2.75) is 12.8 Å². The molecule has 0 fully saturated rings. The van der Waals surface area contributed by atoms with Crippen molar-refractivity contribution in [2.24, 2.45) is 0 Å². The fraction of sp³-hybridized carbons (Fsp3) is 0.364. The Morgan fingerprint density at radius 3 is 2.69 bits per heavy atom. The van der Waals surface area contributed by atoms with Crippen LogP contribution in [0.15, 0.2) is 12.1 Å². The first kappa shape index (κ1) is 12.8. The van der Waals surface area contributed by atoms with Crippen molar-refractivity contribution in [1.82, 2.24) is 0 Å². The quantitative estimate of drug-likeness (QED) is 0.605. The number of methoxy groups -OCH3 is 1. The van der Waals surface area contributed by atoms with Crippen molar-refractivity contribution >= 4 is 17.6 Å². The summed E-state index contributed by atoms with van der Waals surface area (Å²) in [6.45, 7) is 1.94. The molecule has 0 bridgehead atoms. The van der Waals surface area contributed by atoms with Crippen LogP contribution in [-0.4, -0.2) is 19.7 Å². The maximum Gasteiger partial charge on any atom is 0.338 e. The molecule has 0 saturated heterocycles. The summed E-state index contributed by atoms with van der Waals surface area (Å²) < 4.78 is 23.0. The van der Waals surface area contributed by atoms with Crippen LogP contribution in [0.25, 0.3) is 0 Å². The minimum absolute atomic E-state index is 0.00285. The van der Waals surface area contributed by atoms with Crippen LogP contribution in [0.3, 0.4) is 0 Å². The van der Waals surface area contributed by atoms with Gasteiger partial charge in [0.2, 0.25) is 0 Å². The Morgan fingerprint density at radius 1 is 1.50 bits per heavy atom. The highest BCUT2D eigenvalue weighted by Gasteiger charge is 2.16. The van der Waals surface area contributed by atoms with Gasteiger partial charge in [0.05, 0.1) is 19.3 Å². The Kier molecular flexibility index (Phi) is 4.55. The molecule has 0 aliphatic heterocycles. The lowest BCUT2D eigenvalue weighted by Crippen LogP contribution is -2.08. The number of hydrogen-bond donors (Lipinski definition) is 0. The number of ether oxygens (including phenoxy) is 2. The lowest BCUT2D eigenvalue weighted by molar-refractivity contribution is 0.0525. The van der Waals surface area contributed by atoms with Gasteiger partial charge in [-0.15, -0.1) is 11.6 Å². The van der Waals surface area contributed by atoms with Gasteiger partial charge in [0, 0.05) is 5.88 Å². The predicted molar refractivity (Wildman–Crippen MR) is 58.5 cm³/mol. The molecule has 0 spiro atoms. The summed E-state index contributed by atoms with van der Waals surface area (Å²) in [6.07, 6.45) is 0. The topological polar surface area (TPSA) is 35.5 Å². The van der Waals surface area contributed by atoms with Crippen LogP contribution in [-0.2, 0) is 10.6 Å². The standard InChI is InChI=1S/C11H12ClFO3/c1-3-16-11(14)8-5-10(15-2)9(13)4-7(8)6-12/h4-5H,3,6H2,1-2H3. The fourth-order valence-corrected chi connectivity index (χ4v) is 1.48. The number of carbonyl (C=O) groups is 1. The Bertz CT molecular complexity index is 393. The van der Waals surface area contributed by atoms with E-state index in [0.29, 0.717) is 5.56 Å². The molecule has 0 aromatic heterocycles. The monoisotopic (exact) mass is 246 g/mol. The van der Waals surface area contributed by atoms with Gasteiger partial charge < -0.3 is 9.47 Å². The molecule has 0 amide bonds. The molecule has 1 aromatic carbocycles. The van der Waals surface area contributed by atoms with Crippen molar-refractivity contribution in [2.75, 3.05) is 13.7 Å². The van der Waals surface area contributed by atoms with E-state index in [1.807, 2.05) is 0 Å². The van der Waals surface area contributed by atoms with Gasteiger partial charge in [-0.2, -0.15) is 0 Å². The van der Waals surface area contributed by atoms with Crippen LogP contribution in [0.2, 0.25) is 0 Å². The molecule has 1 aromatic rings. The summed E-state index contributed by atoms with van der Waals surface area (Å²) in [7, 11) is 1.33. The van der Waals surface area contributed by atoms with E-state index in [9.17, 15) is 9.18 Å². The highest BCUT2D eigenvalue weighted by Crippen LogP contribution is 2.24. The Hall–Kier alpha value is -1.29. The normalized spacial score (nSPS) is 10.0. The number of rotatable bonds is 4. The van der Waals surface area contributed by atoms with Crippen LogP contribution < -0.4 is 4.74 Å². The highest BCUT2D eigenvalue weighted by molar-refractivity contribution is 6.17. The maximum absolute atomic E-state index is 13.3. The molecule has 0 N–H and O–H groups in total. The lowest BCUT2D eigenvalue weighted by atomic mass is 10.1. The summed E-state index contributed by atoms with van der Waals surface area (Å²) in [5, 5.41) is 0. The second-order valence-electron chi connectivity index (χ2n) is 3.00. The summed E-state index contributed by atoms with van der Waals surface area (Å²) in [4.78, 5) is 11.5. The third-order valence-electron chi connectivity index (χ3n) is 2.02. The zero-order valence-corrected chi connectivity index (χ0v) is 9.81. The van der Waals surface area contributed by atoms with E-state index in [1.165, 1.54) is 19.2 Å². The molecule has 0 atom stereocenters. The van der Waals surface area contributed by atoms with Crippen molar-refractivity contribution in [3.05, 3.63) is 29.1 Å². The molecule has 5 heteroatoms. The van der Waals surface area contributed by atoms with E-state index in [0.717, 1.165) is 0 Å². The van der Waals surface area contributed by atoms with E-state index >= 15 is 0 Å². The Labute approximate surface area is 98.1 Å². The largest absolute Gasteiger partial charge is 0.494 e. The van der Waals surface area contributed by atoms with Crippen LogP contribution in [0, 0.1) is 5.82 Å². The van der Waals surface area contributed by atoms with E-state index in [2.05, 4.69) is 0 Å². The number of alkyl halides is 1. The van der Waals surface area contributed by atoms with Crippen LogP contribution in [0.5, 0.6) is 5.75 Å². The SMILES string of the molecule is CCOC(=O)c1cc(OC)c(F)cc1CCl. The minimum Gasteiger partial charge on any atom is -0.494 e. The molecule has 0 radical (unpaired) electrons. The van der Waals surface area contributed by atoms with Gasteiger partial charge in [-0.3, -0.25) is 0 Å². The number of halogens is 2. The summed E-state index contributed by atoms with van der Waals surface area (Å²) in [6, 6.07) is 2.48. The third kappa shape index (κ3) is 2.64. The second kappa shape index (κ2) is 5.70. The lowest BCUT2D eigenvalue weighted by Gasteiger charge is -2.09. The van der Waals surface area contributed by atoms with E-state index < -0.39 is 11.8 Å². The van der Waals surface area contributed by atoms with E-state index in [1.54, 1.807) is 6.92 Å². The molecule has 1 rings (SSSR count). The molecular formula is C11H12ClFO3. The van der Waals surface area contributed by atoms with E-state index in [-0.39, 0.29) is 23.8 Å². The van der Waals surface area contributed by atoms with Gasteiger partial charge >= 0.3 is 5.97 Å². The van der Waals surface area contributed by atoms with Crippen molar-refractivity contribution in [1.29, 1.82) is 0 Å². The number of esters is 1. The highest BCUT2D eigenvalue weighted by atomic mass is 35.5. The summed E-state index contributed by atoms with van der Waals surface area (Å²) in [5.74, 6) is -1.05. The minimum atomic E-state index is -0.550. The molecule has 88 valence electrons. The zero-order chi connectivity index (χ0) is 12.1. The first-order valence-corrected chi connectivity index (χ1v) is 5.27. The average molecular weight is 247 g/mol. The molecule has 0 unspecified atom stereocenters. The van der Waals surface area contributed by atoms with Crippen LogP contribution >= 0.6 is 11.6 Å². The Morgan fingerprint density at radius 2 is 2.19 bits per heavy atom. The van der Waals surface area contributed by atoms with Crippen LogP contribution in [0.4, 0.5) is 4.39 Å². The van der Waals surface area contributed by atoms with Gasteiger partial charge in [-0.1, -0.05) is 0 Å². The van der Waals surface area contributed by atoms with Gasteiger partial charge in [0.15, 0.2) is 11.6 Å². The first-order chi connectivity index (χ1) is 7.63. The number of carbonyl (C=O) groups excluding carboxylic acids is 1. The van der Waals surface area contributed by atoms with Gasteiger partial charge in [0.1, 0.15) is 0 Å². The van der Waals surface area contributed by atoms with Crippen molar-refractivity contribution < 1.29 is 18.7 Å². The van der Waals surface area contributed by atoms with Gasteiger partial charge in [-0.05, 0) is 24.6 Å². The first-order valence-electron chi connectivity index (χ1n) is 4.73. The summed E-state index contributed by atoms with van der Waals surface area (Å²) >= 11 is 5.63. The molecule has 3 nitrogen and oxygen atoms in total.